The van der Waals surface area contributed by atoms with E-state index in [0.29, 0.717) is 0 Å². The lowest BCUT2D eigenvalue weighted by atomic mass is 10.2. The van der Waals surface area contributed by atoms with Crippen LogP contribution in [0.2, 0.25) is 0 Å². The average Bonchev–Trinajstić information content (AvgIpc) is 2.93. The van der Waals surface area contributed by atoms with Crippen LogP contribution in [0, 0.1) is 6.92 Å². The second-order valence-electron chi connectivity index (χ2n) is 4.65. The molecule has 5 heteroatoms. The Hall–Kier alpha value is -2.30. The van der Waals surface area contributed by atoms with Crippen molar-refractivity contribution < 1.29 is 0 Å². The van der Waals surface area contributed by atoms with Gasteiger partial charge in [-0.25, -0.2) is 4.98 Å². The predicted molar refractivity (Wildman–Crippen MR) is 76.3 cm³/mol. The van der Waals surface area contributed by atoms with Gasteiger partial charge in [0.1, 0.15) is 5.82 Å². The first-order valence-electron chi connectivity index (χ1n) is 6.31. The molecule has 98 valence electrons. The summed E-state index contributed by atoms with van der Waals surface area (Å²) in [6.45, 7) is 2.81. The highest BCUT2D eigenvalue weighted by molar-refractivity contribution is 5.75. The zero-order chi connectivity index (χ0) is 13.4. The lowest BCUT2D eigenvalue weighted by molar-refractivity contribution is 0.763. The van der Waals surface area contributed by atoms with E-state index in [1.807, 2.05) is 50.2 Å². The van der Waals surface area contributed by atoms with Crippen LogP contribution in [0.4, 0.5) is 5.82 Å². The molecule has 2 aromatic heterocycles. The topological polar surface area (TPSA) is 47.7 Å². The van der Waals surface area contributed by atoms with Gasteiger partial charge in [-0.1, -0.05) is 12.1 Å². The third-order valence-corrected chi connectivity index (χ3v) is 3.44. The summed E-state index contributed by atoms with van der Waals surface area (Å²) in [4.78, 5) is 4.42. The van der Waals surface area contributed by atoms with E-state index in [1.54, 1.807) is 0 Å². The maximum atomic E-state index is 4.46. The van der Waals surface area contributed by atoms with Gasteiger partial charge in [-0.15, -0.1) is 0 Å². The fraction of sp³-hybridized carbons (Fsp3) is 0.286. The summed E-state index contributed by atoms with van der Waals surface area (Å²) >= 11 is 0. The lowest BCUT2D eigenvalue weighted by Crippen LogP contribution is -2.04. The molecule has 0 unspecified atom stereocenters. The quantitative estimate of drug-likeness (QED) is 0.780. The maximum absolute atomic E-state index is 4.46. The Morgan fingerprint density at radius 1 is 1.26 bits per heavy atom. The molecule has 0 atom stereocenters. The number of rotatable bonds is 3. The molecule has 3 rings (SSSR count). The SMILES string of the molecule is CNc1c(Cn2cnc3ccccc32)c(C)nn1C. The van der Waals surface area contributed by atoms with E-state index >= 15 is 0 Å². The third-order valence-electron chi connectivity index (χ3n) is 3.44. The van der Waals surface area contributed by atoms with Crippen molar-refractivity contribution in [2.75, 3.05) is 12.4 Å². The highest BCUT2D eigenvalue weighted by atomic mass is 15.3. The first-order valence-corrected chi connectivity index (χ1v) is 6.31. The van der Waals surface area contributed by atoms with Gasteiger partial charge in [-0.3, -0.25) is 4.68 Å². The molecule has 2 heterocycles. The van der Waals surface area contributed by atoms with Gasteiger partial charge in [0, 0.05) is 19.7 Å². The van der Waals surface area contributed by atoms with Gasteiger partial charge in [0.15, 0.2) is 0 Å². The first-order chi connectivity index (χ1) is 9.20. The van der Waals surface area contributed by atoms with Crippen LogP contribution < -0.4 is 5.32 Å². The van der Waals surface area contributed by atoms with E-state index < -0.39 is 0 Å². The summed E-state index contributed by atoms with van der Waals surface area (Å²) in [6, 6.07) is 8.16. The van der Waals surface area contributed by atoms with E-state index in [-0.39, 0.29) is 0 Å². The van der Waals surface area contributed by atoms with E-state index in [9.17, 15) is 0 Å². The van der Waals surface area contributed by atoms with Gasteiger partial charge < -0.3 is 9.88 Å². The molecule has 0 saturated heterocycles. The van der Waals surface area contributed by atoms with Crippen LogP contribution in [0.1, 0.15) is 11.3 Å². The molecular weight excluding hydrogens is 238 g/mol. The molecule has 0 aliphatic carbocycles. The number of nitrogens with one attached hydrogen (secondary N) is 1. The number of hydrogen-bond donors (Lipinski definition) is 1. The molecular formula is C14H17N5. The van der Waals surface area contributed by atoms with E-state index in [2.05, 4.69) is 26.0 Å². The van der Waals surface area contributed by atoms with Gasteiger partial charge in [-0.05, 0) is 19.1 Å². The normalized spacial score (nSPS) is 11.1. The molecule has 0 saturated carbocycles. The van der Waals surface area contributed by atoms with Crippen molar-refractivity contribution in [1.82, 2.24) is 19.3 Å². The number of imidazole rings is 1. The third kappa shape index (κ3) is 1.87. The second kappa shape index (κ2) is 4.42. The van der Waals surface area contributed by atoms with Gasteiger partial charge in [0.25, 0.3) is 0 Å². The summed E-state index contributed by atoms with van der Waals surface area (Å²) in [7, 11) is 3.88. The summed E-state index contributed by atoms with van der Waals surface area (Å²) in [5, 5.41) is 7.67. The Balaban J connectivity index is 2.06. The number of anilines is 1. The molecule has 0 aliphatic rings. The smallest absolute Gasteiger partial charge is 0.128 e. The lowest BCUT2D eigenvalue weighted by Gasteiger charge is -2.07. The summed E-state index contributed by atoms with van der Waals surface area (Å²) in [5.74, 6) is 1.05. The second-order valence-corrected chi connectivity index (χ2v) is 4.65. The van der Waals surface area contributed by atoms with Gasteiger partial charge in [0.2, 0.25) is 0 Å². The van der Waals surface area contributed by atoms with Crippen LogP contribution >= 0.6 is 0 Å². The van der Waals surface area contributed by atoms with Gasteiger partial charge >= 0.3 is 0 Å². The molecule has 19 heavy (non-hydrogen) atoms. The highest BCUT2D eigenvalue weighted by Crippen LogP contribution is 2.21. The summed E-state index contributed by atoms with van der Waals surface area (Å²) in [6.07, 6.45) is 1.89. The molecule has 1 N–H and O–H groups in total. The molecule has 0 amide bonds. The summed E-state index contributed by atoms with van der Waals surface area (Å²) in [5.41, 5.74) is 4.42. The molecule has 0 bridgehead atoms. The largest absolute Gasteiger partial charge is 0.373 e. The van der Waals surface area contributed by atoms with Crippen molar-refractivity contribution in [3.05, 3.63) is 41.9 Å². The van der Waals surface area contributed by atoms with Crippen LogP contribution in [-0.4, -0.2) is 26.4 Å². The predicted octanol–water partition coefficient (Wildman–Crippen LogP) is 2.17. The van der Waals surface area contributed by atoms with E-state index in [1.165, 1.54) is 5.56 Å². The summed E-state index contributed by atoms with van der Waals surface area (Å²) < 4.78 is 4.03. The number of benzene rings is 1. The Kier molecular flexibility index (Phi) is 2.74. The minimum absolute atomic E-state index is 0.774. The molecule has 5 nitrogen and oxygen atoms in total. The monoisotopic (exact) mass is 255 g/mol. The van der Waals surface area contributed by atoms with Crippen molar-refractivity contribution >= 4 is 16.9 Å². The van der Waals surface area contributed by atoms with Crippen molar-refractivity contribution in [3.63, 3.8) is 0 Å². The minimum Gasteiger partial charge on any atom is -0.373 e. The fourth-order valence-corrected chi connectivity index (χ4v) is 2.51. The molecule has 0 spiro atoms. The van der Waals surface area contributed by atoms with Crippen molar-refractivity contribution in [3.8, 4) is 0 Å². The standard InChI is InChI=1S/C14H17N5/c1-10-11(14(15-2)18(3)17-10)8-19-9-16-12-6-4-5-7-13(12)19/h4-7,9,15H,8H2,1-3H3. The number of hydrogen-bond acceptors (Lipinski definition) is 3. The number of aromatic nitrogens is 4. The Bertz CT molecular complexity index is 723. The zero-order valence-corrected chi connectivity index (χ0v) is 11.4. The maximum Gasteiger partial charge on any atom is 0.128 e. The highest BCUT2D eigenvalue weighted by Gasteiger charge is 2.13. The number of aryl methyl sites for hydroxylation is 2. The first kappa shape index (κ1) is 11.8. The van der Waals surface area contributed by atoms with Crippen LogP contribution in [0.5, 0.6) is 0 Å². The zero-order valence-electron chi connectivity index (χ0n) is 11.4. The molecule has 0 aliphatic heterocycles. The molecule has 0 fully saturated rings. The van der Waals surface area contributed by atoms with Gasteiger partial charge in [-0.2, -0.15) is 5.10 Å². The van der Waals surface area contributed by atoms with Crippen LogP contribution in [0.15, 0.2) is 30.6 Å². The van der Waals surface area contributed by atoms with Crippen LogP contribution in [0.3, 0.4) is 0 Å². The van der Waals surface area contributed by atoms with Gasteiger partial charge in [0.05, 0.1) is 29.6 Å². The van der Waals surface area contributed by atoms with Crippen LogP contribution in [0.25, 0.3) is 11.0 Å². The molecule has 0 radical (unpaired) electrons. The van der Waals surface area contributed by atoms with Crippen molar-refractivity contribution in [2.24, 2.45) is 7.05 Å². The van der Waals surface area contributed by atoms with E-state index in [4.69, 9.17) is 0 Å². The Morgan fingerprint density at radius 3 is 2.84 bits per heavy atom. The average molecular weight is 255 g/mol. The molecule has 3 aromatic rings. The van der Waals surface area contributed by atoms with Crippen LogP contribution in [-0.2, 0) is 13.6 Å². The number of fused-ring (bicyclic) bond motifs is 1. The fourth-order valence-electron chi connectivity index (χ4n) is 2.51. The van der Waals surface area contributed by atoms with Crippen molar-refractivity contribution in [2.45, 2.75) is 13.5 Å². The number of para-hydroxylation sites is 2. The number of nitrogens with zero attached hydrogens (tertiary/aromatic N) is 4. The van der Waals surface area contributed by atoms with Crippen molar-refractivity contribution in [1.29, 1.82) is 0 Å². The van der Waals surface area contributed by atoms with E-state index in [0.717, 1.165) is 29.1 Å². The molecule has 1 aromatic carbocycles. The Morgan fingerprint density at radius 2 is 2.05 bits per heavy atom. The Labute approximate surface area is 111 Å². The minimum atomic E-state index is 0.774.